The standard InChI is InChI=1S/C18H18N4O4S/c1-13(23)20-15-7-5-8-16(10-15)21-18(24)12-22(27(2,25)26)17-9-4-3-6-14(17)11-19/h3-10H,12H2,1-2H3,(H,20,23)(H,21,24). The number of hydrogen-bond donors (Lipinski definition) is 2. The van der Waals surface area contributed by atoms with E-state index in [-0.39, 0.29) is 17.2 Å². The number of anilines is 3. The zero-order valence-corrected chi connectivity index (χ0v) is 15.6. The van der Waals surface area contributed by atoms with Crippen LogP contribution in [-0.2, 0) is 19.6 Å². The SMILES string of the molecule is CC(=O)Nc1cccc(NC(=O)CN(c2ccccc2C#N)S(C)(=O)=O)c1. The van der Waals surface area contributed by atoms with E-state index in [0.29, 0.717) is 11.4 Å². The molecule has 0 radical (unpaired) electrons. The lowest BCUT2D eigenvalue weighted by molar-refractivity contribution is -0.115. The van der Waals surface area contributed by atoms with Gasteiger partial charge in [-0.2, -0.15) is 5.26 Å². The van der Waals surface area contributed by atoms with E-state index in [9.17, 15) is 23.3 Å². The van der Waals surface area contributed by atoms with Gasteiger partial charge in [0.2, 0.25) is 21.8 Å². The zero-order chi connectivity index (χ0) is 20.0. The Bertz CT molecular complexity index is 1010. The molecule has 0 spiro atoms. The van der Waals surface area contributed by atoms with Crippen LogP contribution in [0.15, 0.2) is 48.5 Å². The van der Waals surface area contributed by atoms with Crippen LogP contribution in [0.5, 0.6) is 0 Å². The number of nitriles is 1. The largest absolute Gasteiger partial charge is 0.326 e. The van der Waals surface area contributed by atoms with Crippen molar-refractivity contribution < 1.29 is 18.0 Å². The van der Waals surface area contributed by atoms with Crippen LogP contribution in [0.4, 0.5) is 17.1 Å². The molecule has 0 aliphatic rings. The number of para-hydroxylation sites is 1. The van der Waals surface area contributed by atoms with E-state index in [2.05, 4.69) is 10.6 Å². The predicted octanol–water partition coefficient (Wildman–Crippen LogP) is 1.92. The number of rotatable bonds is 6. The van der Waals surface area contributed by atoms with Gasteiger partial charge in [-0.1, -0.05) is 18.2 Å². The number of nitrogens with zero attached hydrogens (tertiary/aromatic N) is 2. The summed E-state index contributed by atoms with van der Waals surface area (Å²) in [6.45, 7) is 0.865. The average Bonchev–Trinajstić information content (AvgIpc) is 2.58. The second-order valence-corrected chi connectivity index (χ2v) is 7.62. The first kappa shape index (κ1) is 19.9. The van der Waals surface area contributed by atoms with E-state index in [1.807, 2.05) is 6.07 Å². The van der Waals surface area contributed by atoms with E-state index in [0.717, 1.165) is 10.6 Å². The number of sulfonamides is 1. The van der Waals surface area contributed by atoms with E-state index in [1.54, 1.807) is 36.4 Å². The van der Waals surface area contributed by atoms with Gasteiger partial charge in [-0.05, 0) is 30.3 Å². The lowest BCUT2D eigenvalue weighted by Crippen LogP contribution is -2.37. The number of hydrogen-bond acceptors (Lipinski definition) is 5. The second kappa shape index (κ2) is 8.33. The van der Waals surface area contributed by atoms with Crippen molar-refractivity contribution in [2.75, 3.05) is 27.7 Å². The van der Waals surface area contributed by atoms with Crippen LogP contribution in [0, 0.1) is 11.3 Å². The molecule has 2 aromatic carbocycles. The number of amides is 2. The fourth-order valence-corrected chi connectivity index (χ4v) is 3.24. The summed E-state index contributed by atoms with van der Waals surface area (Å²) in [4.78, 5) is 23.5. The van der Waals surface area contributed by atoms with Crippen molar-refractivity contribution in [1.82, 2.24) is 0 Å². The molecule has 0 aliphatic heterocycles. The van der Waals surface area contributed by atoms with Crippen molar-refractivity contribution in [1.29, 1.82) is 5.26 Å². The van der Waals surface area contributed by atoms with Gasteiger partial charge in [0.25, 0.3) is 0 Å². The van der Waals surface area contributed by atoms with Gasteiger partial charge in [0.15, 0.2) is 0 Å². The van der Waals surface area contributed by atoms with Crippen LogP contribution in [-0.4, -0.2) is 33.0 Å². The van der Waals surface area contributed by atoms with Gasteiger partial charge in [-0.15, -0.1) is 0 Å². The molecule has 140 valence electrons. The number of carbonyl (C=O) groups is 2. The van der Waals surface area contributed by atoms with Crippen molar-refractivity contribution in [2.24, 2.45) is 0 Å². The third-order valence-electron chi connectivity index (χ3n) is 3.45. The fraction of sp³-hybridized carbons (Fsp3) is 0.167. The number of carbonyl (C=O) groups excluding carboxylic acids is 2. The van der Waals surface area contributed by atoms with Crippen LogP contribution >= 0.6 is 0 Å². The van der Waals surface area contributed by atoms with Crippen molar-refractivity contribution in [3.05, 3.63) is 54.1 Å². The maximum Gasteiger partial charge on any atom is 0.245 e. The van der Waals surface area contributed by atoms with Gasteiger partial charge in [0, 0.05) is 18.3 Å². The van der Waals surface area contributed by atoms with Gasteiger partial charge >= 0.3 is 0 Å². The summed E-state index contributed by atoms with van der Waals surface area (Å²) >= 11 is 0. The molecule has 0 saturated carbocycles. The molecule has 0 saturated heterocycles. The molecule has 2 aromatic rings. The molecule has 0 unspecified atom stereocenters. The van der Waals surface area contributed by atoms with Crippen LogP contribution in [0.2, 0.25) is 0 Å². The van der Waals surface area contributed by atoms with E-state index >= 15 is 0 Å². The molecule has 0 heterocycles. The summed E-state index contributed by atoms with van der Waals surface area (Å²) in [7, 11) is -3.80. The molecule has 0 fully saturated rings. The number of benzene rings is 2. The smallest absolute Gasteiger partial charge is 0.245 e. The highest BCUT2D eigenvalue weighted by Crippen LogP contribution is 2.22. The Hall–Kier alpha value is -3.38. The highest BCUT2D eigenvalue weighted by atomic mass is 32.2. The molecule has 2 N–H and O–H groups in total. The summed E-state index contributed by atoms with van der Waals surface area (Å²) in [6, 6.07) is 14.5. The summed E-state index contributed by atoms with van der Waals surface area (Å²) in [5.41, 5.74) is 1.16. The minimum Gasteiger partial charge on any atom is -0.326 e. The summed E-state index contributed by atoms with van der Waals surface area (Å²) < 4.78 is 25.2. The third-order valence-corrected chi connectivity index (χ3v) is 4.57. The summed E-state index contributed by atoms with van der Waals surface area (Å²) in [6.07, 6.45) is 0.964. The van der Waals surface area contributed by atoms with E-state index in [4.69, 9.17) is 0 Å². The minimum absolute atomic E-state index is 0.129. The quantitative estimate of drug-likeness (QED) is 0.786. The molecule has 2 amide bonds. The Balaban J connectivity index is 2.23. The topological polar surface area (TPSA) is 119 Å². The lowest BCUT2D eigenvalue weighted by atomic mass is 10.2. The number of nitrogens with one attached hydrogen (secondary N) is 2. The van der Waals surface area contributed by atoms with Crippen molar-refractivity contribution in [3.63, 3.8) is 0 Å². The second-order valence-electron chi connectivity index (χ2n) is 5.71. The first-order valence-electron chi connectivity index (χ1n) is 7.85. The van der Waals surface area contributed by atoms with E-state index in [1.165, 1.54) is 19.1 Å². The highest BCUT2D eigenvalue weighted by molar-refractivity contribution is 7.92. The molecule has 0 atom stereocenters. The molecule has 0 aromatic heterocycles. The Morgan fingerprint density at radius 1 is 1.07 bits per heavy atom. The monoisotopic (exact) mass is 386 g/mol. The Morgan fingerprint density at radius 2 is 1.70 bits per heavy atom. The highest BCUT2D eigenvalue weighted by Gasteiger charge is 2.23. The van der Waals surface area contributed by atoms with Crippen LogP contribution in [0.3, 0.4) is 0 Å². The molecule has 0 aliphatic carbocycles. The molecule has 2 rings (SSSR count). The van der Waals surface area contributed by atoms with Crippen molar-refractivity contribution in [3.8, 4) is 6.07 Å². The maximum absolute atomic E-state index is 12.4. The van der Waals surface area contributed by atoms with Gasteiger partial charge in [0.1, 0.15) is 12.6 Å². The summed E-state index contributed by atoms with van der Waals surface area (Å²) in [5, 5.41) is 14.4. The molecule has 8 nitrogen and oxygen atoms in total. The van der Waals surface area contributed by atoms with Crippen molar-refractivity contribution >= 4 is 38.9 Å². The van der Waals surface area contributed by atoms with Crippen LogP contribution in [0.1, 0.15) is 12.5 Å². The van der Waals surface area contributed by atoms with Crippen LogP contribution < -0.4 is 14.9 Å². The summed E-state index contributed by atoms with van der Waals surface area (Å²) in [5.74, 6) is -0.844. The minimum atomic E-state index is -3.80. The maximum atomic E-state index is 12.4. The van der Waals surface area contributed by atoms with Gasteiger partial charge < -0.3 is 10.6 Å². The Labute approximate surface area is 157 Å². The zero-order valence-electron chi connectivity index (χ0n) is 14.8. The van der Waals surface area contributed by atoms with Gasteiger partial charge in [-0.3, -0.25) is 13.9 Å². The first-order valence-corrected chi connectivity index (χ1v) is 9.70. The van der Waals surface area contributed by atoms with Gasteiger partial charge in [0.05, 0.1) is 17.5 Å². The predicted molar refractivity (Wildman–Crippen MR) is 103 cm³/mol. The average molecular weight is 386 g/mol. The molecular weight excluding hydrogens is 368 g/mol. The third kappa shape index (κ3) is 5.55. The van der Waals surface area contributed by atoms with Gasteiger partial charge in [-0.25, -0.2) is 8.42 Å². The fourth-order valence-electron chi connectivity index (χ4n) is 2.38. The first-order chi connectivity index (χ1) is 12.7. The van der Waals surface area contributed by atoms with Crippen molar-refractivity contribution in [2.45, 2.75) is 6.92 Å². The Kier molecular flexibility index (Phi) is 6.15. The Morgan fingerprint density at radius 3 is 2.30 bits per heavy atom. The molecule has 0 bridgehead atoms. The van der Waals surface area contributed by atoms with E-state index < -0.39 is 22.5 Å². The molecular formula is C18H18N4O4S. The van der Waals surface area contributed by atoms with Crippen LogP contribution in [0.25, 0.3) is 0 Å². The molecule has 9 heteroatoms. The molecule has 27 heavy (non-hydrogen) atoms. The lowest BCUT2D eigenvalue weighted by Gasteiger charge is -2.22. The normalized spacial score (nSPS) is 10.6.